The van der Waals surface area contributed by atoms with Gasteiger partial charge in [-0.3, -0.25) is 10.1 Å². The molecular weight excluding hydrogens is 414 g/mol. The van der Waals surface area contributed by atoms with Crippen LogP contribution in [0.15, 0.2) is 16.6 Å². The van der Waals surface area contributed by atoms with Gasteiger partial charge in [-0.1, -0.05) is 11.6 Å². The third-order valence-corrected chi connectivity index (χ3v) is 4.94. The summed E-state index contributed by atoms with van der Waals surface area (Å²) in [5, 5.41) is 14.8. The molecule has 1 aromatic carbocycles. The second kappa shape index (κ2) is 7.78. The monoisotopic (exact) mass is 433 g/mol. The van der Waals surface area contributed by atoms with Crippen LogP contribution in [-0.4, -0.2) is 40.6 Å². The minimum absolute atomic E-state index is 0.0228. The normalized spacial score (nSPS) is 15.8. The number of benzene rings is 1. The van der Waals surface area contributed by atoms with E-state index in [0.717, 1.165) is 0 Å². The molecule has 0 atom stereocenters. The second-order valence-corrected chi connectivity index (χ2v) is 8.19. The summed E-state index contributed by atoms with van der Waals surface area (Å²) in [6, 6.07) is 2.96. The number of likely N-dealkylation sites (tertiary alicyclic amines) is 1. The predicted octanol–water partition coefficient (Wildman–Crippen LogP) is 4.82. The Morgan fingerprint density at radius 3 is 2.52 bits per heavy atom. The number of piperidine rings is 1. The number of nitrogens with one attached hydrogen (secondary N) is 1. The molecule has 138 valence electrons. The van der Waals surface area contributed by atoms with Gasteiger partial charge in [-0.15, -0.1) is 0 Å². The summed E-state index contributed by atoms with van der Waals surface area (Å²) in [5.74, 6) is 0. The van der Waals surface area contributed by atoms with Gasteiger partial charge in [-0.2, -0.15) is 0 Å². The van der Waals surface area contributed by atoms with Crippen LogP contribution in [0, 0.1) is 10.1 Å². The third kappa shape index (κ3) is 5.47. The maximum Gasteiger partial charge on any atom is 0.410 e. The summed E-state index contributed by atoms with van der Waals surface area (Å²) in [5.41, 5.74) is -0.180. The highest BCUT2D eigenvalue weighted by atomic mass is 79.9. The highest BCUT2D eigenvalue weighted by Gasteiger charge is 2.28. The summed E-state index contributed by atoms with van der Waals surface area (Å²) in [4.78, 5) is 24.5. The molecule has 1 N–H and O–H groups in total. The fourth-order valence-electron chi connectivity index (χ4n) is 2.56. The molecule has 0 unspecified atom stereocenters. The summed E-state index contributed by atoms with van der Waals surface area (Å²) >= 11 is 9.25. The molecule has 1 amide bonds. The number of hydrogen-bond donors (Lipinski definition) is 1. The first-order valence-corrected chi connectivity index (χ1v) is 9.12. The van der Waals surface area contributed by atoms with E-state index >= 15 is 0 Å². The van der Waals surface area contributed by atoms with Crippen LogP contribution in [0.1, 0.15) is 33.6 Å². The Morgan fingerprint density at radius 2 is 2.00 bits per heavy atom. The van der Waals surface area contributed by atoms with Crippen molar-refractivity contribution in [1.82, 2.24) is 4.90 Å². The molecule has 0 radical (unpaired) electrons. The first-order chi connectivity index (χ1) is 11.6. The fraction of sp³-hybridized carbons (Fsp3) is 0.562. The van der Waals surface area contributed by atoms with Gasteiger partial charge >= 0.3 is 6.09 Å². The molecule has 1 aromatic rings. The smallest absolute Gasteiger partial charge is 0.410 e. The highest BCUT2D eigenvalue weighted by molar-refractivity contribution is 9.10. The number of halogens is 2. The number of hydrogen-bond acceptors (Lipinski definition) is 5. The lowest BCUT2D eigenvalue weighted by Gasteiger charge is -2.34. The van der Waals surface area contributed by atoms with Crippen LogP contribution in [0.2, 0.25) is 5.02 Å². The zero-order chi connectivity index (χ0) is 18.8. The topological polar surface area (TPSA) is 84.7 Å². The van der Waals surface area contributed by atoms with Crippen LogP contribution in [0.4, 0.5) is 16.2 Å². The lowest BCUT2D eigenvalue weighted by Crippen LogP contribution is -2.44. The summed E-state index contributed by atoms with van der Waals surface area (Å²) in [6.07, 6.45) is 1.01. The van der Waals surface area contributed by atoms with Gasteiger partial charge in [-0.05, 0) is 55.6 Å². The van der Waals surface area contributed by atoms with E-state index in [0.29, 0.717) is 41.1 Å². The van der Waals surface area contributed by atoms with Gasteiger partial charge in [0.2, 0.25) is 0 Å². The Balaban J connectivity index is 2.00. The molecule has 0 spiro atoms. The minimum atomic E-state index is -0.527. The maximum absolute atomic E-state index is 12.1. The van der Waals surface area contributed by atoms with Crippen LogP contribution >= 0.6 is 27.5 Å². The molecule has 2 rings (SSSR count). The number of nitro benzene ring substituents is 1. The molecule has 0 aliphatic carbocycles. The Kier molecular flexibility index (Phi) is 6.16. The van der Waals surface area contributed by atoms with Crippen LogP contribution in [0.3, 0.4) is 0 Å². The van der Waals surface area contributed by atoms with Crippen molar-refractivity contribution in [3.63, 3.8) is 0 Å². The van der Waals surface area contributed by atoms with Crippen molar-refractivity contribution in [2.24, 2.45) is 0 Å². The summed E-state index contributed by atoms with van der Waals surface area (Å²) in [6.45, 7) is 6.55. The standard InChI is InChI=1S/C16H21BrClN3O4/c1-16(2,3)25-15(22)20-6-4-10(5-7-20)19-13-9-12(18)11(17)8-14(13)21(23)24/h8-10,19H,4-7H2,1-3H3. The van der Waals surface area contributed by atoms with E-state index in [2.05, 4.69) is 21.2 Å². The number of nitro groups is 1. The molecule has 1 fully saturated rings. The largest absolute Gasteiger partial charge is 0.444 e. The second-order valence-electron chi connectivity index (χ2n) is 6.93. The molecule has 1 saturated heterocycles. The molecule has 1 aliphatic heterocycles. The van der Waals surface area contributed by atoms with E-state index in [9.17, 15) is 14.9 Å². The van der Waals surface area contributed by atoms with Crippen LogP contribution in [0.5, 0.6) is 0 Å². The number of ether oxygens (including phenoxy) is 1. The number of nitrogens with zero attached hydrogens (tertiary/aromatic N) is 2. The van der Waals surface area contributed by atoms with Crippen LogP contribution in [0.25, 0.3) is 0 Å². The van der Waals surface area contributed by atoms with E-state index in [1.54, 1.807) is 11.0 Å². The first kappa shape index (κ1) is 19.8. The van der Waals surface area contributed by atoms with Gasteiger partial charge in [0, 0.05) is 29.7 Å². The average Bonchev–Trinajstić information content (AvgIpc) is 2.49. The summed E-state index contributed by atoms with van der Waals surface area (Å²) < 4.78 is 5.84. The van der Waals surface area contributed by atoms with E-state index in [1.807, 2.05) is 20.8 Å². The molecule has 7 nitrogen and oxygen atoms in total. The van der Waals surface area contributed by atoms with Crippen LogP contribution < -0.4 is 5.32 Å². The van der Waals surface area contributed by atoms with Gasteiger partial charge in [0.05, 0.1) is 9.95 Å². The number of amides is 1. The average molecular weight is 435 g/mol. The predicted molar refractivity (Wildman–Crippen MR) is 100 cm³/mol. The quantitative estimate of drug-likeness (QED) is 0.544. The Labute approximate surface area is 159 Å². The minimum Gasteiger partial charge on any atom is -0.444 e. The Bertz CT molecular complexity index is 670. The Hall–Kier alpha value is -1.54. The zero-order valence-corrected chi connectivity index (χ0v) is 16.7. The van der Waals surface area contributed by atoms with Gasteiger partial charge < -0.3 is 15.0 Å². The van der Waals surface area contributed by atoms with Crippen molar-refractivity contribution in [3.05, 3.63) is 31.7 Å². The van der Waals surface area contributed by atoms with Gasteiger partial charge in [0.25, 0.3) is 5.69 Å². The fourth-order valence-corrected chi connectivity index (χ4v) is 3.05. The molecule has 25 heavy (non-hydrogen) atoms. The molecule has 0 aromatic heterocycles. The number of rotatable bonds is 3. The molecule has 1 aliphatic rings. The van der Waals surface area contributed by atoms with Crippen molar-refractivity contribution < 1.29 is 14.5 Å². The number of anilines is 1. The lowest BCUT2D eigenvalue weighted by atomic mass is 10.0. The molecule has 1 heterocycles. The van der Waals surface area contributed by atoms with E-state index in [4.69, 9.17) is 16.3 Å². The third-order valence-electron chi connectivity index (χ3n) is 3.74. The van der Waals surface area contributed by atoms with Crippen molar-refractivity contribution in [1.29, 1.82) is 0 Å². The van der Waals surface area contributed by atoms with E-state index < -0.39 is 10.5 Å². The highest BCUT2D eigenvalue weighted by Crippen LogP contribution is 2.35. The molecular formula is C16H21BrClN3O4. The van der Waals surface area contributed by atoms with Gasteiger partial charge in [-0.25, -0.2) is 4.79 Å². The summed E-state index contributed by atoms with van der Waals surface area (Å²) in [7, 11) is 0. The van der Waals surface area contributed by atoms with Crippen LogP contribution in [-0.2, 0) is 4.74 Å². The van der Waals surface area contributed by atoms with Crippen molar-refractivity contribution >= 4 is 45.0 Å². The SMILES string of the molecule is CC(C)(C)OC(=O)N1CCC(Nc2cc(Cl)c(Br)cc2[N+](=O)[O-])CC1. The zero-order valence-electron chi connectivity index (χ0n) is 14.3. The Morgan fingerprint density at radius 1 is 1.40 bits per heavy atom. The molecule has 0 bridgehead atoms. The lowest BCUT2D eigenvalue weighted by molar-refractivity contribution is -0.384. The first-order valence-electron chi connectivity index (χ1n) is 7.95. The van der Waals surface area contributed by atoms with E-state index in [1.165, 1.54) is 6.07 Å². The van der Waals surface area contributed by atoms with Crippen molar-refractivity contribution in [2.75, 3.05) is 18.4 Å². The van der Waals surface area contributed by atoms with Gasteiger partial charge in [0.1, 0.15) is 11.3 Å². The molecule has 0 saturated carbocycles. The number of carbonyl (C=O) groups is 1. The van der Waals surface area contributed by atoms with Gasteiger partial charge in [0.15, 0.2) is 0 Å². The van der Waals surface area contributed by atoms with Crippen molar-refractivity contribution in [3.8, 4) is 0 Å². The van der Waals surface area contributed by atoms with Crippen molar-refractivity contribution in [2.45, 2.75) is 45.3 Å². The molecule has 9 heteroatoms. The number of carbonyl (C=O) groups excluding carboxylic acids is 1. The van der Waals surface area contributed by atoms with E-state index in [-0.39, 0.29) is 17.8 Å². The maximum atomic E-state index is 12.1.